The van der Waals surface area contributed by atoms with Crippen molar-refractivity contribution in [1.82, 2.24) is 10.2 Å². The Morgan fingerprint density at radius 3 is 2.37 bits per heavy atom. The molecule has 7 heteroatoms. The second-order valence-corrected chi connectivity index (χ2v) is 10.3. The molecule has 35 heavy (non-hydrogen) atoms. The van der Waals surface area contributed by atoms with Gasteiger partial charge in [-0.25, -0.2) is 4.39 Å². The number of hydrogen-bond acceptors (Lipinski definition) is 3. The topological polar surface area (TPSA) is 49.4 Å². The van der Waals surface area contributed by atoms with Crippen LogP contribution in [0.2, 0.25) is 5.02 Å². The number of carbonyl (C=O) groups is 2. The molecule has 1 aromatic heterocycles. The minimum Gasteiger partial charge on any atom is -0.351 e. The van der Waals surface area contributed by atoms with Crippen LogP contribution < -0.4 is 5.32 Å². The van der Waals surface area contributed by atoms with Crippen molar-refractivity contribution in [3.63, 3.8) is 0 Å². The van der Waals surface area contributed by atoms with E-state index in [0.29, 0.717) is 23.6 Å². The first-order valence-electron chi connectivity index (χ1n) is 12.1. The Balaban J connectivity index is 1.63. The normalized spacial score (nSPS) is 14.9. The summed E-state index contributed by atoms with van der Waals surface area (Å²) in [6.45, 7) is 0.352. The highest BCUT2D eigenvalue weighted by atomic mass is 35.5. The van der Waals surface area contributed by atoms with Crippen LogP contribution in [0.4, 0.5) is 4.39 Å². The average Bonchev–Trinajstić information content (AvgIpc) is 3.37. The lowest BCUT2D eigenvalue weighted by molar-refractivity contribution is -0.140. The van der Waals surface area contributed by atoms with E-state index in [2.05, 4.69) is 5.32 Å². The van der Waals surface area contributed by atoms with Gasteiger partial charge in [0.15, 0.2) is 0 Å². The average molecular weight is 513 g/mol. The zero-order valence-electron chi connectivity index (χ0n) is 19.6. The molecule has 1 heterocycles. The highest BCUT2D eigenvalue weighted by molar-refractivity contribution is 7.08. The Hall–Kier alpha value is -2.70. The Bertz CT molecular complexity index is 1100. The molecule has 3 aromatic rings. The summed E-state index contributed by atoms with van der Waals surface area (Å²) in [5, 5.41) is 7.73. The first-order valence-corrected chi connectivity index (χ1v) is 13.4. The van der Waals surface area contributed by atoms with Crippen LogP contribution in [-0.4, -0.2) is 29.3 Å². The quantitative estimate of drug-likeness (QED) is 0.363. The lowest BCUT2D eigenvalue weighted by atomic mass is 9.94. The molecular weight excluding hydrogens is 483 g/mol. The number of halogens is 2. The molecule has 1 aliphatic carbocycles. The summed E-state index contributed by atoms with van der Waals surface area (Å²) in [5.74, 6) is -0.721. The summed E-state index contributed by atoms with van der Waals surface area (Å²) in [7, 11) is 0. The maximum Gasteiger partial charge on any atom is 0.247 e. The second-order valence-electron chi connectivity index (χ2n) is 9.07. The molecular formula is C28H30ClFN2O2S. The summed E-state index contributed by atoms with van der Waals surface area (Å²) in [6, 6.07) is 14.6. The van der Waals surface area contributed by atoms with E-state index in [1.165, 1.54) is 29.9 Å². The van der Waals surface area contributed by atoms with Gasteiger partial charge in [-0.05, 0) is 77.0 Å². The monoisotopic (exact) mass is 512 g/mol. The van der Waals surface area contributed by atoms with Crippen molar-refractivity contribution in [2.75, 3.05) is 6.54 Å². The third-order valence-corrected chi connectivity index (χ3v) is 7.49. The predicted molar refractivity (Wildman–Crippen MR) is 139 cm³/mol. The Morgan fingerprint density at radius 2 is 1.71 bits per heavy atom. The predicted octanol–water partition coefficient (Wildman–Crippen LogP) is 6.34. The fraction of sp³-hybridized carbons (Fsp3) is 0.357. The van der Waals surface area contributed by atoms with E-state index in [9.17, 15) is 14.0 Å². The molecule has 4 nitrogen and oxygen atoms in total. The Kier molecular flexibility index (Phi) is 8.94. The number of nitrogens with one attached hydrogen (secondary N) is 1. The van der Waals surface area contributed by atoms with Crippen molar-refractivity contribution in [1.29, 1.82) is 0 Å². The van der Waals surface area contributed by atoms with Crippen LogP contribution in [0.25, 0.3) is 0 Å². The molecule has 0 saturated heterocycles. The summed E-state index contributed by atoms with van der Waals surface area (Å²) in [5.41, 5.74) is 2.55. The van der Waals surface area contributed by atoms with Crippen molar-refractivity contribution in [3.8, 4) is 0 Å². The van der Waals surface area contributed by atoms with Crippen LogP contribution in [0.1, 0.15) is 54.8 Å². The smallest absolute Gasteiger partial charge is 0.247 e. The third kappa shape index (κ3) is 7.15. The lowest BCUT2D eigenvalue weighted by Gasteiger charge is -2.33. The standard InChI is InChI=1S/C28H30ClFN2O2S/c29-23-10-6-20(7-11-23)14-16-32(26(33)18-21-15-17-35-19-21)27(22-8-12-24(30)13-9-22)28(34)31-25-4-2-1-3-5-25/h6-13,15,17,19,25,27H,1-5,14,16,18H2,(H,31,34)/t27-/m1/s1. The van der Waals surface area contributed by atoms with E-state index in [-0.39, 0.29) is 30.1 Å². The fourth-order valence-electron chi connectivity index (χ4n) is 4.61. The molecule has 184 valence electrons. The van der Waals surface area contributed by atoms with Gasteiger partial charge in [-0.3, -0.25) is 9.59 Å². The molecule has 1 aliphatic rings. The summed E-state index contributed by atoms with van der Waals surface area (Å²) in [4.78, 5) is 29.0. The second kappa shape index (κ2) is 12.3. The molecule has 1 fully saturated rings. The van der Waals surface area contributed by atoms with E-state index < -0.39 is 6.04 Å². The van der Waals surface area contributed by atoms with Gasteiger partial charge in [0, 0.05) is 17.6 Å². The SMILES string of the molecule is O=C(NC1CCCCC1)[C@@H](c1ccc(F)cc1)N(CCc1ccc(Cl)cc1)C(=O)Cc1ccsc1. The number of hydrogen-bond donors (Lipinski definition) is 1. The van der Waals surface area contributed by atoms with Crippen molar-refractivity contribution in [2.24, 2.45) is 0 Å². The van der Waals surface area contributed by atoms with Gasteiger partial charge in [-0.1, -0.05) is 55.1 Å². The lowest BCUT2D eigenvalue weighted by Crippen LogP contribution is -2.48. The molecule has 0 spiro atoms. The largest absolute Gasteiger partial charge is 0.351 e. The molecule has 0 bridgehead atoms. The maximum atomic E-state index is 13.7. The van der Waals surface area contributed by atoms with Crippen molar-refractivity contribution >= 4 is 34.8 Å². The summed E-state index contributed by atoms with van der Waals surface area (Å²) < 4.78 is 13.7. The van der Waals surface area contributed by atoms with E-state index >= 15 is 0 Å². The summed E-state index contributed by atoms with van der Waals surface area (Å²) >= 11 is 7.57. The van der Waals surface area contributed by atoms with E-state index in [0.717, 1.165) is 36.8 Å². The zero-order valence-corrected chi connectivity index (χ0v) is 21.2. The van der Waals surface area contributed by atoms with Gasteiger partial charge in [0.1, 0.15) is 11.9 Å². The number of nitrogens with zero attached hydrogens (tertiary/aromatic N) is 1. The number of rotatable bonds is 9. The van der Waals surface area contributed by atoms with Crippen LogP contribution in [0.15, 0.2) is 65.4 Å². The van der Waals surface area contributed by atoms with Gasteiger partial charge >= 0.3 is 0 Å². The molecule has 0 radical (unpaired) electrons. The van der Waals surface area contributed by atoms with Gasteiger partial charge in [0.2, 0.25) is 11.8 Å². The van der Waals surface area contributed by atoms with Gasteiger partial charge in [0.25, 0.3) is 0 Å². The van der Waals surface area contributed by atoms with E-state index in [4.69, 9.17) is 11.6 Å². The van der Waals surface area contributed by atoms with Gasteiger partial charge < -0.3 is 10.2 Å². The molecule has 1 atom stereocenters. The highest BCUT2D eigenvalue weighted by Crippen LogP contribution is 2.26. The van der Waals surface area contributed by atoms with Crippen LogP contribution >= 0.6 is 22.9 Å². The van der Waals surface area contributed by atoms with Crippen LogP contribution in [0.3, 0.4) is 0 Å². The molecule has 0 aliphatic heterocycles. The molecule has 1 saturated carbocycles. The highest BCUT2D eigenvalue weighted by Gasteiger charge is 2.32. The minimum absolute atomic E-state index is 0.101. The first-order chi connectivity index (χ1) is 17.0. The first kappa shape index (κ1) is 25.4. The molecule has 2 amide bonds. The maximum absolute atomic E-state index is 13.7. The third-order valence-electron chi connectivity index (χ3n) is 6.51. The number of carbonyl (C=O) groups excluding carboxylic acids is 2. The van der Waals surface area contributed by atoms with Gasteiger partial charge in [0.05, 0.1) is 6.42 Å². The molecule has 4 rings (SSSR count). The van der Waals surface area contributed by atoms with Crippen molar-refractivity contribution < 1.29 is 14.0 Å². The van der Waals surface area contributed by atoms with Crippen LogP contribution in [0.5, 0.6) is 0 Å². The minimum atomic E-state index is -0.837. The summed E-state index contributed by atoms with van der Waals surface area (Å²) in [6.07, 6.45) is 6.01. The fourth-order valence-corrected chi connectivity index (χ4v) is 5.41. The van der Waals surface area contributed by atoms with Gasteiger partial charge in [-0.2, -0.15) is 11.3 Å². The Morgan fingerprint density at radius 1 is 1.00 bits per heavy atom. The molecule has 2 aromatic carbocycles. The molecule has 0 unspecified atom stereocenters. The van der Waals surface area contributed by atoms with E-state index in [1.54, 1.807) is 17.0 Å². The van der Waals surface area contributed by atoms with Crippen molar-refractivity contribution in [2.45, 2.75) is 57.0 Å². The van der Waals surface area contributed by atoms with Crippen LogP contribution in [-0.2, 0) is 22.4 Å². The van der Waals surface area contributed by atoms with Crippen LogP contribution in [0, 0.1) is 5.82 Å². The number of amides is 2. The molecule has 1 N–H and O–H groups in total. The van der Waals surface area contributed by atoms with E-state index in [1.807, 2.05) is 41.1 Å². The van der Waals surface area contributed by atoms with Crippen molar-refractivity contribution in [3.05, 3.63) is 92.9 Å². The zero-order chi connectivity index (χ0) is 24.6. The Labute approximate surface area is 215 Å². The van der Waals surface area contributed by atoms with Gasteiger partial charge in [-0.15, -0.1) is 0 Å². The number of thiophene rings is 1. The number of benzene rings is 2.